The van der Waals surface area contributed by atoms with Crippen LogP contribution in [0.4, 0.5) is 0 Å². The van der Waals surface area contributed by atoms with Crippen molar-refractivity contribution >= 4 is 5.91 Å². The molecule has 1 saturated carbocycles. The number of carbonyl (C=O) groups excluding carboxylic acids is 1. The molecule has 104 valence electrons. The fraction of sp³-hybridized carbons (Fsp3) is 0.533. The third kappa shape index (κ3) is 3.47. The minimum absolute atomic E-state index is 0.0205. The van der Waals surface area contributed by atoms with Crippen molar-refractivity contribution in [1.82, 2.24) is 5.32 Å². The highest BCUT2D eigenvalue weighted by molar-refractivity contribution is 5.96. The van der Waals surface area contributed by atoms with Crippen molar-refractivity contribution < 1.29 is 15.0 Å². The summed E-state index contributed by atoms with van der Waals surface area (Å²) in [5, 5.41) is 22.4. The van der Waals surface area contributed by atoms with Gasteiger partial charge >= 0.3 is 0 Å². The quantitative estimate of drug-likeness (QED) is 0.778. The van der Waals surface area contributed by atoms with Crippen LogP contribution in [0.25, 0.3) is 0 Å². The number of amides is 1. The van der Waals surface area contributed by atoms with E-state index in [2.05, 4.69) is 5.32 Å². The summed E-state index contributed by atoms with van der Waals surface area (Å²) in [5.74, 6) is -0.0608. The molecule has 1 aliphatic rings. The molecule has 0 aromatic heterocycles. The van der Waals surface area contributed by atoms with Gasteiger partial charge in [0.05, 0.1) is 11.7 Å². The highest BCUT2D eigenvalue weighted by Gasteiger charge is 2.23. The van der Waals surface area contributed by atoms with Crippen LogP contribution in [0.15, 0.2) is 18.2 Å². The lowest BCUT2D eigenvalue weighted by Gasteiger charge is -2.18. The Labute approximate surface area is 113 Å². The number of hydrogen-bond acceptors (Lipinski definition) is 3. The Morgan fingerprint density at radius 3 is 2.74 bits per heavy atom. The van der Waals surface area contributed by atoms with Crippen molar-refractivity contribution in [3.63, 3.8) is 0 Å². The van der Waals surface area contributed by atoms with Crippen molar-refractivity contribution in [2.24, 2.45) is 5.92 Å². The second-order valence-corrected chi connectivity index (χ2v) is 5.34. The number of hydrogen-bond donors (Lipinski definition) is 3. The Morgan fingerprint density at radius 2 is 2.11 bits per heavy atom. The van der Waals surface area contributed by atoms with Gasteiger partial charge < -0.3 is 15.5 Å². The van der Waals surface area contributed by atoms with Crippen LogP contribution in [0, 0.1) is 12.8 Å². The minimum atomic E-state index is -0.487. The van der Waals surface area contributed by atoms with E-state index in [4.69, 9.17) is 0 Å². The smallest absolute Gasteiger partial charge is 0.255 e. The number of carbonyl (C=O) groups is 1. The SMILES string of the molecule is Cc1ccc(C(=O)NCC(O)C2CCCC2)c(O)c1. The van der Waals surface area contributed by atoms with E-state index < -0.39 is 6.10 Å². The van der Waals surface area contributed by atoms with Crippen LogP contribution < -0.4 is 5.32 Å². The first-order valence-electron chi connectivity index (χ1n) is 6.84. The maximum atomic E-state index is 11.9. The summed E-state index contributed by atoms with van der Waals surface area (Å²) in [4.78, 5) is 11.9. The normalized spacial score (nSPS) is 17.4. The van der Waals surface area contributed by atoms with Crippen LogP contribution in [-0.4, -0.2) is 28.8 Å². The third-order valence-electron chi connectivity index (χ3n) is 3.81. The molecule has 1 aliphatic carbocycles. The Hall–Kier alpha value is -1.55. The number of benzene rings is 1. The molecule has 3 N–H and O–H groups in total. The summed E-state index contributed by atoms with van der Waals surface area (Å²) in [6.45, 7) is 2.10. The maximum Gasteiger partial charge on any atom is 0.255 e. The third-order valence-corrected chi connectivity index (χ3v) is 3.81. The zero-order valence-electron chi connectivity index (χ0n) is 11.2. The average Bonchev–Trinajstić information content (AvgIpc) is 2.89. The molecule has 1 aromatic carbocycles. The Bertz CT molecular complexity index is 453. The van der Waals surface area contributed by atoms with E-state index in [0.717, 1.165) is 31.2 Å². The standard InChI is InChI=1S/C15H21NO3/c1-10-6-7-12(13(17)8-10)15(19)16-9-14(18)11-4-2-3-5-11/h6-8,11,14,17-18H,2-5,9H2,1H3,(H,16,19). The van der Waals surface area contributed by atoms with E-state index >= 15 is 0 Å². The number of phenolic OH excluding ortho intramolecular Hbond substituents is 1. The van der Waals surface area contributed by atoms with Crippen molar-refractivity contribution in [2.45, 2.75) is 38.7 Å². The molecule has 0 aliphatic heterocycles. The number of aliphatic hydroxyl groups excluding tert-OH is 1. The average molecular weight is 263 g/mol. The van der Waals surface area contributed by atoms with Crippen LogP contribution in [-0.2, 0) is 0 Å². The van der Waals surface area contributed by atoms with Crippen LogP contribution in [0.1, 0.15) is 41.6 Å². The zero-order valence-corrected chi connectivity index (χ0v) is 11.2. The molecule has 2 rings (SSSR count). The number of phenols is 1. The fourth-order valence-electron chi connectivity index (χ4n) is 2.64. The summed E-state index contributed by atoms with van der Waals surface area (Å²) in [5.41, 5.74) is 1.16. The first-order chi connectivity index (χ1) is 9.08. The topological polar surface area (TPSA) is 69.6 Å². The predicted molar refractivity (Wildman–Crippen MR) is 73.1 cm³/mol. The van der Waals surface area contributed by atoms with Crippen molar-refractivity contribution in [2.75, 3.05) is 6.54 Å². The van der Waals surface area contributed by atoms with E-state index in [1.165, 1.54) is 0 Å². The molecule has 0 spiro atoms. The van der Waals surface area contributed by atoms with E-state index in [0.29, 0.717) is 5.92 Å². The summed E-state index contributed by atoms with van der Waals surface area (Å²) < 4.78 is 0. The van der Waals surface area contributed by atoms with Gasteiger partial charge in [-0.1, -0.05) is 18.9 Å². The Balaban J connectivity index is 1.90. The molecular weight excluding hydrogens is 242 g/mol. The molecule has 4 nitrogen and oxygen atoms in total. The van der Waals surface area contributed by atoms with E-state index in [-0.39, 0.29) is 23.8 Å². The van der Waals surface area contributed by atoms with Crippen LogP contribution in [0.5, 0.6) is 5.75 Å². The monoisotopic (exact) mass is 263 g/mol. The van der Waals surface area contributed by atoms with Gasteiger partial charge in [-0.15, -0.1) is 0 Å². The molecule has 1 aromatic rings. The summed E-state index contributed by atoms with van der Waals surface area (Å²) in [7, 11) is 0. The van der Waals surface area contributed by atoms with Gasteiger partial charge in [0.15, 0.2) is 0 Å². The van der Waals surface area contributed by atoms with E-state index in [9.17, 15) is 15.0 Å². The molecule has 0 saturated heterocycles. The van der Waals surface area contributed by atoms with Crippen LogP contribution in [0.3, 0.4) is 0 Å². The summed E-state index contributed by atoms with van der Waals surface area (Å²) in [6.07, 6.45) is 3.90. The van der Waals surface area contributed by atoms with Gasteiger partial charge in [-0.05, 0) is 43.4 Å². The van der Waals surface area contributed by atoms with Gasteiger partial charge in [0.2, 0.25) is 0 Å². The molecule has 1 amide bonds. The second-order valence-electron chi connectivity index (χ2n) is 5.34. The van der Waals surface area contributed by atoms with Gasteiger partial charge in [-0.25, -0.2) is 0 Å². The Morgan fingerprint density at radius 1 is 1.42 bits per heavy atom. The van der Waals surface area contributed by atoms with Gasteiger partial charge in [0, 0.05) is 6.54 Å². The van der Waals surface area contributed by atoms with Crippen LogP contribution >= 0.6 is 0 Å². The van der Waals surface area contributed by atoms with Gasteiger partial charge in [0.1, 0.15) is 5.75 Å². The summed E-state index contributed by atoms with van der Waals surface area (Å²) >= 11 is 0. The molecule has 4 heteroatoms. The van der Waals surface area contributed by atoms with Gasteiger partial charge in [-0.3, -0.25) is 4.79 Å². The van der Waals surface area contributed by atoms with Crippen molar-refractivity contribution in [3.8, 4) is 5.75 Å². The zero-order chi connectivity index (χ0) is 13.8. The van der Waals surface area contributed by atoms with E-state index in [1.54, 1.807) is 18.2 Å². The predicted octanol–water partition coefficient (Wildman–Crippen LogP) is 1.98. The number of nitrogens with one attached hydrogen (secondary N) is 1. The molecular formula is C15H21NO3. The molecule has 0 radical (unpaired) electrons. The summed E-state index contributed by atoms with van der Waals surface area (Å²) in [6, 6.07) is 4.94. The molecule has 1 unspecified atom stereocenters. The molecule has 0 heterocycles. The first kappa shape index (κ1) is 13.9. The minimum Gasteiger partial charge on any atom is -0.507 e. The first-order valence-corrected chi connectivity index (χ1v) is 6.84. The van der Waals surface area contributed by atoms with Gasteiger partial charge in [-0.2, -0.15) is 0 Å². The van der Waals surface area contributed by atoms with Crippen molar-refractivity contribution in [1.29, 1.82) is 0 Å². The Kier molecular flexibility index (Phi) is 4.43. The largest absolute Gasteiger partial charge is 0.507 e. The lowest BCUT2D eigenvalue weighted by molar-refractivity contribution is 0.0838. The number of aromatic hydroxyl groups is 1. The fourth-order valence-corrected chi connectivity index (χ4v) is 2.64. The molecule has 0 bridgehead atoms. The van der Waals surface area contributed by atoms with Gasteiger partial charge in [0.25, 0.3) is 5.91 Å². The maximum absolute atomic E-state index is 11.9. The molecule has 1 fully saturated rings. The number of rotatable bonds is 4. The van der Waals surface area contributed by atoms with Crippen LogP contribution in [0.2, 0.25) is 0 Å². The molecule has 19 heavy (non-hydrogen) atoms. The number of aryl methyl sites for hydroxylation is 1. The molecule has 1 atom stereocenters. The number of aliphatic hydroxyl groups is 1. The highest BCUT2D eigenvalue weighted by atomic mass is 16.3. The lowest BCUT2D eigenvalue weighted by Crippen LogP contribution is -2.35. The second kappa shape index (κ2) is 6.06. The van der Waals surface area contributed by atoms with E-state index in [1.807, 2.05) is 6.92 Å². The highest BCUT2D eigenvalue weighted by Crippen LogP contribution is 2.27. The van der Waals surface area contributed by atoms with Crippen molar-refractivity contribution in [3.05, 3.63) is 29.3 Å². The lowest BCUT2D eigenvalue weighted by atomic mass is 10.0.